The van der Waals surface area contributed by atoms with Gasteiger partial charge in [-0.25, -0.2) is 4.98 Å². The largest absolute Gasteiger partial charge is 0.339 e. The average Bonchev–Trinajstić information content (AvgIpc) is 2.25. The fraction of sp³-hybridized carbons (Fsp3) is 0. The predicted molar refractivity (Wildman–Crippen MR) is 71.7 cm³/mol. The van der Waals surface area contributed by atoms with Gasteiger partial charge in [-0.15, -0.1) is 0 Å². The summed E-state index contributed by atoms with van der Waals surface area (Å²) in [6, 6.07) is 9.09. The molecule has 0 fully saturated rings. The van der Waals surface area contributed by atoms with Crippen molar-refractivity contribution >= 4 is 50.6 Å². The number of benzene rings is 1. The summed E-state index contributed by atoms with van der Waals surface area (Å²) in [5, 5.41) is 4.45. The molecule has 2 aromatic rings. The monoisotopic (exact) mass is 316 g/mol. The second-order valence-corrected chi connectivity index (χ2v) is 4.84. The Morgan fingerprint density at radius 1 is 1.06 bits per heavy atom. The molecule has 2 nitrogen and oxygen atoms in total. The number of nitrogens with zero attached hydrogens (tertiary/aromatic N) is 1. The second-order valence-electron chi connectivity index (χ2n) is 3.11. The Labute approximate surface area is 112 Å². The molecule has 0 aliphatic rings. The van der Waals surface area contributed by atoms with Crippen LogP contribution in [-0.2, 0) is 0 Å². The SMILES string of the molecule is Clc1ccc(Nc2ccc(Cl)cc2Br)nc1. The number of halogens is 3. The van der Waals surface area contributed by atoms with Gasteiger partial charge >= 0.3 is 0 Å². The maximum Gasteiger partial charge on any atom is 0.130 e. The minimum atomic E-state index is 0.612. The van der Waals surface area contributed by atoms with E-state index in [0.29, 0.717) is 10.0 Å². The van der Waals surface area contributed by atoms with Crippen molar-refractivity contribution in [2.24, 2.45) is 0 Å². The van der Waals surface area contributed by atoms with Crippen molar-refractivity contribution < 1.29 is 0 Å². The number of pyridine rings is 1. The molecular formula is C11H7BrCl2N2. The molecule has 82 valence electrons. The number of hydrogen-bond donors (Lipinski definition) is 1. The molecule has 0 saturated heterocycles. The Kier molecular flexibility index (Phi) is 3.69. The Morgan fingerprint density at radius 3 is 2.44 bits per heavy atom. The number of anilines is 2. The van der Waals surface area contributed by atoms with Gasteiger partial charge in [0.2, 0.25) is 0 Å². The number of rotatable bonds is 2. The highest BCUT2D eigenvalue weighted by Crippen LogP contribution is 2.28. The van der Waals surface area contributed by atoms with Gasteiger partial charge in [0.25, 0.3) is 0 Å². The van der Waals surface area contributed by atoms with Gasteiger partial charge in [0.15, 0.2) is 0 Å². The van der Waals surface area contributed by atoms with Crippen LogP contribution in [0, 0.1) is 0 Å². The van der Waals surface area contributed by atoms with E-state index in [4.69, 9.17) is 23.2 Å². The summed E-state index contributed by atoms with van der Waals surface area (Å²) >= 11 is 15.0. The van der Waals surface area contributed by atoms with Crippen LogP contribution in [-0.4, -0.2) is 4.98 Å². The van der Waals surface area contributed by atoms with Gasteiger partial charge in [0, 0.05) is 15.7 Å². The number of aromatic nitrogens is 1. The lowest BCUT2D eigenvalue weighted by Crippen LogP contribution is -1.93. The molecule has 0 aliphatic heterocycles. The van der Waals surface area contributed by atoms with Crippen LogP contribution in [0.5, 0.6) is 0 Å². The van der Waals surface area contributed by atoms with Crippen molar-refractivity contribution in [1.29, 1.82) is 0 Å². The van der Waals surface area contributed by atoms with Crippen LogP contribution < -0.4 is 5.32 Å². The molecule has 16 heavy (non-hydrogen) atoms. The molecule has 0 atom stereocenters. The van der Waals surface area contributed by atoms with Crippen LogP contribution >= 0.6 is 39.1 Å². The third-order valence-corrected chi connectivity index (χ3v) is 3.04. The van der Waals surface area contributed by atoms with Gasteiger partial charge < -0.3 is 5.32 Å². The van der Waals surface area contributed by atoms with E-state index in [9.17, 15) is 0 Å². The highest BCUT2D eigenvalue weighted by atomic mass is 79.9. The molecular weight excluding hydrogens is 311 g/mol. The molecule has 5 heteroatoms. The molecule has 0 spiro atoms. The Morgan fingerprint density at radius 2 is 1.81 bits per heavy atom. The molecule has 1 N–H and O–H groups in total. The Hall–Kier alpha value is -0.770. The van der Waals surface area contributed by atoms with Gasteiger partial charge in [0.05, 0.1) is 10.7 Å². The maximum atomic E-state index is 5.85. The quantitative estimate of drug-likeness (QED) is 0.852. The Balaban J connectivity index is 2.23. The zero-order valence-corrected chi connectivity index (χ0v) is 11.1. The van der Waals surface area contributed by atoms with Gasteiger partial charge in [-0.3, -0.25) is 0 Å². The van der Waals surface area contributed by atoms with E-state index >= 15 is 0 Å². The third-order valence-electron chi connectivity index (χ3n) is 1.92. The van der Waals surface area contributed by atoms with Gasteiger partial charge in [-0.1, -0.05) is 23.2 Å². The molecule has 0 saturated carbocycles. The van der Waals surface area contributed by atoms with Crippen LogP contribution in [0.3, 0.4) is 0 Å². The van der Waals surface area contributed by atoms with E-state index in [1.165, 1.54) is 0 Å². The molecule has 1 aromatic carbocycles. The lowest BCUT2D eigenvalue weighted by Gasteiger charge is -2.07. The standard InChI is InChI=1S/C11H7BrCl2N2/c12-9-5-7(13)1-3-10(9)16-11-4-2-8(14)6-15-11/h1-6H,(H,15,16). The topological polar surface area (TPSA) is 24.9 Å². The highest BCUT2D eigenvalue weighted by Gasteiger charge is 2.01. The third kappa shape index (κ3) is 2.88. The summed E-state index contributed by atoms with van der Waals surface area (Å²) < 4.78 is 0.886. The van der Waals surface area contributed by atoms with Crippen molar-refractivity contribution in [3.8, 4) is 0 Å². The van der Waals surface area contributed by atoms with Crippen molar-refractivity contribution in [3.05, 3.63) is 51.0 Å². The molecule has 0 bridgehead atoms. The fourth-order valence-corrected chi connectivity index (χ4v) is 2.07. The van der Waals surface area contributed by atoms with E-state index in [1.54, 1.807) is 12.3 Å². The van der Waals surface area contributed by atoms with Crippen LogP contribution in [0.1, 0.15) is 0 Å². The van der Waals surface area contributed by atoms with E-state index in [-0.39, 0.29) is 0 Å². The summed E-state index contributed by atoms with van der Waals surface area (Å²) in [6.45, 7) is 0. The average molecular weight is 318 g/mol. The smallest absolute Gasteiger partial charge is 0.130 e. The Bertz CT molecular complexity index is 500. The zero-order chi connectivity index (χ0) is 11.5. The van der Waals surface area contributed by atoms with Gasteiger partial charge in [-0.05, 0) is 46.3 Å². The second kappa shape index (κ2) is 5.04. The van der Waals surface area contributed by atoms with E-state index < -0.39 is 0 Å². The van der Waals surface area contributed by atoms with Crippen LogP contribution in [0.2, 0.25) is 10.0 Å². The van der Waals surface area contributed by atoms with Crippen molar-refractivity contribution in [2.75, 3.05) is 5.32 Å². The van der Waals surface area contributed by atoms with Crippen molar-refractivity contribution in [3.63, 3.8) is 0 Å². The van der Waals surface area contributed by atoms with E-state index in [0.717, 1.165) is 16.0 Å². The first-order valence-corrected chi connectivity index (χ1v) is 6.04. The minimum Gasteiger partial charge on any atom is -0.339 e. The molecule has 0 amide bonds. The summed E-state index contributed by atoms with van der Waals surface area (Å²) in [5.41, 5.74) is 0.902. The first-order chi connectivity index (χ1) is 7.65. The van der Waals surface area contributed by atoms with E-state index in [2.05, 4.69) is 26.2 Å². The molecule has 0 unspecified atom stereocenters. The van der Waals surface area contributed by atoms with Crippen LogP contribution in [0.25, 0.3) is 0 Å². The molecule has 0 aliphatic carbocycles. The van der Waals surface area contributed by atoms with Crippen LogP contribution in [0.4, 0.5) is 11.5 Å². The summed E-state index contributed by atoms with van der Waals surface area (Å²) in [4.78, 5) is 4.14. The fourth-order valence-electron chi connectivity index (χ4n) is 1.18. The van der Waals surface area contributed by atoms with Crippen molar-refractivity contribution in [1.82, 2.24) is 4.98 Å². The predicted octanol–water partition coefficient (Wildman–Crippen LogP) is 4.89. The first kappa shape index (κ1) is 11.7. The normalized spacial score (nSPS) is 10.2. The molecule has 2 rings (SSSR count). The molecule has 0 radical (unpaired) electrons. The van der Waals surface area contributed by atoms with Crippen molar-refractivity contribution in [2.45, 2.75) is 0 Å². The van der Waals surface area contributed by atoms with E-state index in [1.807, 2.05) is 24.3 Å². The summed E-state index contributed by atoms with van der Waals surface area (Å²) in [6.07, 6.45) is 1.59. The number of hydrogen-bond acceptors (Lipinski definition) is 2. The van der Waals surface area contributed by atoms with Crippen LogP contribution in [0.15, 0.2) is 41.0 Å². The zero-order valence-electron chi connectivity index (χ0n) is 8.05. The van der Waals surface area contributed by atoms with Gasteiger partial charge in [-0.2, -0.15) is 0 Å². The maximum absolute atomic E-state index is 5.85. The van der Waals surface area contributed by atoms with Gasteiger partial charge in [0.1, 0.15) is 5.82 Å². The summed E-state index contributed by atoms with van der Waals surface area (Å²) in [5.74, 6) is 0.729. The highest BCUT2D eigenvalue weighted by molar-refractivity contribution is 9.10. The molecule has 1 heterocycles. The first-order valence-electron chi connectivity index (χ1n) is 4.49. The number of nitrogens with one attached hydrogen (secondary N) is 1. The minimum absolute atomic E-state index is 0.612. The lowest BCUT2D eigenvalue weighted by atomic mass is 10.3. The molecule has 1 aromatic heterocycles. The lowest BCUT2D eigenvalue weighted by molar-refractivity contribution is 1.31. The summed E-state index contributed by atoms with van der Waals surface area (Å²) in [7, 11) is 0.